The molecule has 23 heavy (non-hydrogen) atoms. The van der Waals surface area contributed by atoms with Gasteiger partial charge in [0.1, 0.15) is 12.4 Å². The fraction of sp³-hybridized carbons (Fsp3) is 0.250. The molecule has 1 aliphatic rings. The zero-order valence-electron chi connectivity index (χ0n) is 14.0. The van der Waals surface area contributed by atoms with Crippen LogP contribution < -0.4 is 4.74 Å². The lowest BCUT2D eigenvalue weighted by Crippen LogP contribution is -2.05. The van der Waals surface area contributed by atoms with Gasteiger partial charge in [-0.1, -0.05) is 48.6 Å². The zero-order chi connectivity index (χ0) is 17.1. The zero-order valence-corrected chi connectivity index (χ0v) is 14.0. The van der Waals surface area contributed by atoms with Gasteiger partial charge in [0.25, 0.3) is 0 Å². The number of carbonyl (C=O) groups is 1. The van der Waals surface area contributed by atoms with E-state index in [1.165, 1.54) is 0 Å². The largest absolute Gasteiger partial charge is 0.489 e. The normalized spacial score (nSPS) is 17.9. The highest BCUT2D eigenvalue weighted by Crippen LogP contribution is 2.23. The molecule has 0 saturated heterocycles. The van der Waals surface area contributed by atoms with Crippen molar-refractivity contribution in [1.29, 1.82) is 0 Å². The Morgan fingerprint density at radius 1 is 1.30 bits per heavy atom. The number of aryl methyl sites for hydroxylation is 1. The Bertz CT molecular complexity index is 622. The Balaban J connectivity index is 0.000000816. The molecule has 0 N–H and O–H groups in total. The van der Waals surface area contributed by atoms with Crippen molar-refractivity contribution in [1.82, 2.24) is 0 Å². The molecule has 122 valence electrons. The van der Waals surface area contributed by atoms with Crippen LogP contribution in [0.2, 0.25) is 0 Å². The number of hydrogen-bond acceptors (Lipinski definition) is 3. The molecule has 0 aliphatic carbocycles. The molecule has 1 aliphatic heterocycles. The van der Waals surface area contributed by atoms with Crippen molar-refractivity contribution in [3.63, 3.8) is 0 Å². The van der Waals surface area contributed by atoms with E-state index < -0.39 is 0 Å². The van der Waals surface area contributed by atoms with Gasteiger partial charge in [-0.05, 0) is 30.7 Å². The molecule has 0 bridgehead atoms. The minimum absolute atomic E-state index is 0.0727. The van der Waals surface area contributed by atoms with Gasteiger partial charge in [-0.25, -0.2) is 0 Å². The second-order valence-electron chi connectivity index (χ2n) is 5.05. The van der Waals surface area contributed by atoms with Crippen molar-refractivity contribution in [2.75, 3.05) is 20.8 Å². The van der Waals surface area contributed by atoms with Crippen molar-refractivity contribution in [3.05, 3.63) is 77.9 Å². The summed E-state index contributed by atoms with van der Waals surface area (Å²) in [5, 5.41) is 0. The number of hydrogen-bond donors (Lipinski definition) is 0. The van der Waals surface area contributed by atoms with Gasteiger partial charge < -0.3 is 9.47 Å². The minimum atomic E-state index is 0.0727. The highest BCUT2D eigenvalue weighted by atomic mass is 16.5. The summed E-state index contributed by atoms with van der Waals surface area (Å²) >= 11 is 0. The minimum Gasteiger partial charge on any atom is -0.489 e. The van der Waals surface area contributed by atoms with E-state index in [9.17, 15) is 4.79 Å². The summed E-state index contributed by atoms with van der Waals surface area (Å²) in [7, 11) is 3.25. The molecular formula is C20H24O3. The second-order valence-corrected chi connectivity index (χ2v) is 5.05. The van der Waals surface area contributed by atoms with Crippen LogP contribution in [-0.2, 0) is 4.74 Å². The molecule has 0 unspecified atom stereocenters. The van der Waals surface area contributed by atoms with Crippen LogP contribution in [-0.4, -0.2) is 26.6 Å². The van der Waals surface area contributed by atoms with Crippen LogP contribution in [0.25, 0.3) is 0 Å². The number of carbonyl (C=O) groups excluding carboxylic acids is 1. The van der Waals surface area contributed by atoms with Gasteiger partial charge in [-0.3, -0.25) is 4.79 Å². The lowest BCUT2D eigenvalue weighted by atomic mass is 10.0. The molecule has 0 aromatic heterocycles. The highest BCUT2D eigenvalue weighted by molar-refractivity contribution is 5.99. The number of benzene rings is 1. The summed E-state index contributed by atoms with van der Waals surface area (Å²) < 4.78 is 9.91. The van der Waals surface area contributed by atoms with Crippen molar-refractivity contribution in [3.8, 4) is 5.75 Å². The Hall–Kier alpha value is -2.39. The summed E-state index contributed by atoms with van der Waals surface area (Å²) in [6.07, 6.45) is 11.7. The Labute approximate surface area is 138 Å². The van der Waals surface area contributed by atoms with E-state index in [0.717, 1.165) is 11.1 Å². The third kappa shape index (κ3) is 6.49. The van der Waals surface area contributed by atoms with Crippen LogP contribution in [0.5, 0.6) is 5.75 Å². The van der Waals surface area contributed by atoms with E-state index in [1.807, 2.05) is 55.5 Å². The molecule has 0 saturated carbocycles. The number of rotatable bonds is 2. The number of Topliss-reactive ketones (excluding diaryl/α,β-unsaturated/α-hetero) is 1. The van der Waals surface area contributed by atoms with E-state index in [0.29, 0.717) is 24.3 Å². The predicted octanol–water partition coefficient (Wildman–Crippen LogP) is 4.45. The first-order valence-electron chi connectivity index (χ1n) is 7.45. The van der Waals surface area contributed by atoms with Crippen LogP contribution in [0.15, 0.2) is 66.8 Å². The number of fused-ring (bicyclic) bond motifs is 1. The molecular weight excluding hydrogens is 288 g/mol. The van der Waals surface area contributed by atoms with E-state index in [-0.39, 0.29) is 5.78 Å². The van der Waals surface area contributed by atoms with Crippen LogP contribution >= 0.6 is 0 Å². The molecule has 3 nitrogen and oxygen atoms in total. The average molecular weight is 312 g/mol. The number of methoxy groups -OCH3 is 1. The molecule has 1 aromatic rings. The third-order valence-corrected chi connectivity index (χ3v) is 3.03. The van der Waals surface area contributed by atoms with Gasteiger partial charge in [0, 0.05) is 20.6 Å². The summed E-state index contributed by atoms with van der Waals surface area (Å²) in [5.41, 5.74) is 2.70. The smallest absolute Gasteiger partial charge is 0.170 e. The fourth-order valence-electron chi connectivity index (χ4n) is 2.00. The van der Waals surface area contributed by atoms with Crippen LogP contribution in [0, 0.1) is 6.92 Å². The number of ether oxygens (including phenoxy) is 2. The van der Waals surface area contributed by atoms with Crippen LogP contribution in [0.3, 0.4) is 0 Å². The Morgan fingerprint density at radius 2 is 2.04 bits per heavy atom. The SMILES string of the molecule is C=C\C=C/C1=C/CC(=O)c2cc(C)ccc2OC/C=C\1.COC. The third-order valence-electron chi connectivity index (χ3n) is 3.03. The standard InChI is InChI=1S/C18H18O2.C2H6O/c1-3-4-6-15-7-5-12-20-18-11-8-14(2)13-16(18)17(19)10-9-15;1-3-2/h3-9,11,13H,1,10,12H2,2H3;1-2H3/b6-4-,7-5-,15-9-;. The molecule has 0 spiro atoms. The van der Waals surface area contributed by atoms with Crippen molar-refractivity contribution in [2.24, 2.45) is 0 Å². The van der Waals surface area contributed by atoms with Crippen molar-refractivity contribution >= 4 is 5.78 Å². The monoisotopic (exact) mass is 312 g/mol. The molecule has 0 atom stereocenters. The maximum absolute atomic E-state index is 12.3. The van der Waals surface area contributed by atoms with Crippen LogP contribution in [0.1, 0.15) is 22.3 Å². The summed E-state index contributed by atoms with van der Waals surface area (Å²) in [5.74, 6) is 0.729. The quantitative estimate of drug-likeness (QED) is 0.757. The maximum atomic E-state index is 12.3. The molecule has 0 amide bonds. The summed E-state index contributed by atoms with van der Waals surface area (Å²) in [4.78, 5) is 12.3. The van der Waals surface area contributed by atoms with Gasteiger partial charge in [0.15, 0.2) is 5.78 Å². The van der Waals surface area contributed by atoms with E-state index in [4.69, 9.17) is 4.74 Å². The molecule has 2 rings (SSSR count). The molecule has 1 aromatic carbocycles. The Kier molecular flexibility index (Phi) is 8.40. The molecule has 0 radical (unpaired) electrons. The first-order chi connectivity index (χ1) is 11.1. The highest BCUT2D eigenvalue weighted by Gasteiger charge is 2.12. The summed E-state index contributed by atoms with van der Waals surface area (Å²) in [6.45, 7) is 6.06. The molecule has 1 heterocycles. The first kappa shape index (κ1) is 18.7. The fourth-order valence-corrected chi connectivity index (χ4v) is 2.00. The van der Waals surface area contributed by atoms with E-state index >= 15 is 0 Å². The van der Waals surface area contributed by atoms with Crippen molar-refractivity contribution in [2.45, 2.75) is 13.3 Å². The van der Waals surface area contributed by atoms with Crippen molar-refractivity contribution < 1.29 is 14.3 Å². The number of ketones is 1. The predicted molar refractivity (Wildman–Crippen MR) is 95.1 cm³/mol. The van der Waals surface area contributed by atoms with Gasteiger partial charge in [-0.15, -0.1) is 0 Å². The maximum Gasteiger partial charge on any atom is 0.170 e. The average Bonchev–Trinajstić information content (AvgIpc) is 2.54. The second kappa shape index (κ2) is 10.4. The van der Waals surface area contributed by atoms with E-state index in [1.54, 1.807) is 20.3 Å². The Morgan fingerprint density at radius 3 is 2.74 bits per heavy atom. The van der Waals surface area contributed by atoms with Gasteiger partial charge in [0.2, 0.25) is 0 Å². The first-order valence-corrected chi connectivity index (χ1v) is 7.45. The van der Waals surface area contributed by atoms with Crippen LogP contribution in [0.4, 0.5) is 0 Å². The van der Waals surface area contributed by atoms with E-state index in [2.05, 4.69) is 11.3 Å². The van der Waals surface area contributed by atoms with Gasteiger partial charge in [0.05, 0.1) is 5.56 Å². The lowest BCUT2D eigenvalue weighted by Gasteiger charge is -2.11. The topological polar surface area (TPSA) is 35.5 Å². The molecule has 0 fully saturated rings. The van der Waals surface area contributed by atoms with Gasteiger partial charge >= 0.3 is 0 Å². The number of allylic oxidation sites excluding steroid dienone is 6. The summed E-state index contributed by atoms with van der Waals surface area (Å²) in [6, 6.07) is 5.70. The molecule has 3 heteroatoms. The lowest BCUT2D eigenvalue weighted by molar-refractivity contribution is 0.0992. The van der Waals surface area contributed by atoms with Gasteiger partial charge in [-0.2, -0.15) is 0 Å².